The second-order valence-electron chi connectivity index (χ2n) is 5.46. The molecule has 3 rings (SSSR count). The van der Waals surface area contributed by atoms with Gasteiger partial charge in [0.25, 0.3) is 0 Å². The third kappa shape index (κ3) is 2.35. The lowest BCUT2D eigenvalue weighted by Gasteiger charge is -2.38. The molecule has 0 atom stereocenters. The molecular weight excluding hydrogens is 242 g/mol. The van der Waals surface area contributed by atoms with Crippen LogP contribution in [0.25, 0.3) is 11.6 Å². The van der Waals surface area contributed by atoms with Crippen molar-refractivity contribution in [1.82, 2.24) is 15.2 Å². The third-order valence-electron chi connectivity index (χ3n) is 3.97. The predicted octanol–water partition coefficient (Wildman–Crippen LogP) is 1.63. The summed E-state index contributed by atoms with van der Waals surface area (Å²) >= 11 is 0. The first-order valence-corrected chi connectivity index (χ1v) is 6.61. The van der Waals surface area contributed by atoms with Crippen molar-refractivity contribution in [3.63, 3.8) is 0 Å². The molecule has 6 heteroatoms. The Balaban J connectivity index is 1.71. The number of furan rings is 1. The average Bonchev–Trinajstić information content (AvgIpc) is 3.10. The molecular formula is C13H19N5O. The number of nitrogens with zero attached hydrogens (tertiary/aromatic N) is 3. The summed E-state index contributed by atoms with van der Waals surface area (Å²) in [6.07, 6.45) is 3.79. The normalized spacial score (nSPS) is 18.7. The highest BCUT2D eigenvalue weighted by Gasteiger charge is 2.30. The number of hydrogen-bond acceptors (Lipinski definition) is 5. The van der Waals surface area contributed by atoms with E-state index in [0.717, 1.165) is 38.4 Å². The largest absolute Gasteiger partial charge is 0.461 e. The van der Waals surface area contributed by atoms with E-state index in [2.05, 4.69) is 27.0 Å². The van der Waals surface area contributed by atoms with Gasteiger partial charge in [-0.1, -0.05) is 6.92 Å². The van der Waals surface area contributed by atoms with E-state index in [1.807, 2.05) is 12.1 Å². The Hall–Kier alpha value is -1.82. The number of nitrogens with two attached hydrogens (primary N) is 1. The molecule has 1 aliphatic heterocycles. The topological polar surface area (TPSA) is 84.0 Å². The summed E-state index contributed by atoms with van der Waals surface area (Å²) in [6, 6.07) is 3.71. The van der Waals surface area contributed by atoms with E-state index in [1.165, 1.54) is 0 Å². The number of aromatic amines is 1. The molecule has 2 aromatic heterocycles. The Bertz CT molecular complexity index is 525. The van der Waals surface area contributed by atoms with Crippen molar-refractivity contribution in [1.29, 1.82) is 0 Å². The van der Waals surface area contributed by atoms with Crippen molar-refractivity contribution >= 4 is 5.95 Å². The van der Waals surface area contributed by atoms with Crippen LogP contribution in [0.1, 0.15) is 19.8 Å². The second-order valence-corrected chi connectivity index (χ2v) is 5.46. The number of aromatic nitrogens is 3. The predicted molar refractivity (Wildman–Crippen MR) is 72.7 cm³/mol. The zero-order chi connectivity index (χ0) is 13.3. The fourth-order valence-corrected chi connectivity index (χ4v) is 2.37. The highest BCUT2D eigenvalue weighted by Crippen LogP contribution is 2.31. The van der Waals surface area contributed by atoms with Gasteiger partial charge in [0.05, 0.1) is 6.26 Å². The van der Waals surface area contributed by atoms with E-state index in [-0.39, 0.29) is 5.41 Å². The summed E-state index contributed by atoms with van der Waals surface area (Å²) in [5.74, 6) is 2.13. The van der Waals surface area contributed by atoms with Gasteiger partial charge in [-0.15, -0.1) is 5.10 Å². The molecule has 0 aliphatic carbocycles. The van der Waals surface area contributed by atoms with Crippen LogP contribution in [0.3, 0.4) is 0 Å². The standard InChI is InChI=1S/C13H19N5O/c1-13(9-14)4-6-18(7-5-13)12-15-11(16-17-12)10-3-2-8-19-10/h2-3,8H,4-7,9,14H2,1H3,(H,15,16,17). The first-order chi connectivity index (χ1) is 9.20. The molecule has 0 bridgehead atoms. The molecule has 6 nitrogen and oxygen atoms in total. The first kappa shape index (κ1) is 12.2. The molecule has 0 amide bonds. The van der Waals surface area contributed by atoms with Gasteiger partial charge in [0.15, 0.2) is 11.6 Å². The summed E-state index contributed by atoms with van der Waals surface area (Å²) in [6.45, 7) is 4.88. The van der Waals surface area contributed by atoms with Crippen molar-refractivity contribution in [2.75, 3.05) is 24.5 Å². The molecule has 1 aliphatic rings. The minimum absolute atomic E-state index is 0.261. The Morgan fingerprint density at radius 2 is 2.26 bits per heavy atom. The molecule has 0 unspecified atom stereocenters. The average molecular weight is 261 g/mol. The van der Waals surface area contributed by atoms with Gasteiger partial charge < -0.3 is 15.1 Å². The minimum Gasteiger partial charge on any atom is -0.461 e. The smallest absolute Gasteiger partial charge is 0.245 e. The van der Waals surface area contributed by atoms with E-state index < -0.39 is 0 Å². The van der Waals surface area contributed by atoms with Crippen molar-refractivity contribution < 1.29 is 4.42 Å². The molecule has 3 heterocycles. The van der Waals surface area contributed by atoms with Crippen molar-refractivity contribution in [2.24, 2.45) is 11.1 Å². The van der Waals surface area contributed by atoms with Gasteiger partial charge in [-0.3, -0.25) is 5.10 Å². The van der Waals surface area contributed by atoms with Gasteiger partial charge in [0.2, 0.25) is 5.95 Å². The van der Waals surface area contributed by atoms with E-state index in [0.29, 0.717) is 11.6 Å². The lowest BCUT2D eigenvalue weighted by Crippen LogP contribution is -2.42. The molecule has 19 heavy (non-hydrogen) atoms. The van der Waals surface area contributed by atoms with Gasteiger partial charge in [-0.2, -0.15) is 4.98 Å². The number of hydrogen-bond donors (Lipinski definition) is 2. The van der Waals surface area contributed by atoms with Crippen LogP contribution in [0.4, 0.5) is 5.95 Å². The molecule has 0 aromatic carbocycles. The van der Waals surface area contributed by atoms with E-state index in [9.17, 15) is 0 Å². The van der Waals surface area contributed by atoms with Crippen LogP contribution in [-0.2, 0) is 0 Å². The molecule has 1 saturated heterocycles. The van der Waals surface area contributed by atoms with Crippen LogP contribution in [0.2, 0.25) is 0 Å². The maximum absolute atomic E-state index is 5.82. The number of rotatable bonds is 3. The molecule has 0 radical (unpaired) electrons. The number of H-pyrrole nitrogens is 1. The summed E-state index contributed by atoms with van der Waals surface area (Å²) in [5.41, 5.74) is 6.08. The van der Waals surface area contributed by atoms with Crippen LogP contribution in [-0.4, -0.2) is 34.8 Å². The number of piperidine rings is 1. The Labute approximate surface area is 112 Å². The quantitative estimate of drug-likeness (QED) is 0.877. The first-order valence-electron chi connectivity index (χ1n) is 6.61. The molecule has 2 aromatic rings. The van der Waals surface area contributed by atoms with Crippen molar-refractivity contribution in [3.05, 3.63) is 18.4 Å². The van der Waals surface area contributed by atoms with Gasteiger partial charge >= 0.3 is 0 Å². The second kappa shape index (κ2) is 4.70. The van der Waals surface area contributed by atoms with Crippen LogP contribution in [0, 0.1) is 5.41 Å². The third-order valence-corrected chi connectivity index (χ3v) is 3.97. The van der Waals surface area contributed by atoms with Gasteiger partial charge in [-0.25, -0.2) is 0 Å². The van der Waals surface area contributed by atoms with Gasteiger partial charge in [-0.05, 0) is 36.9 Å². The Morgan fingerprint density at radius 1 is 1.47 bits per heavy atom. The highest BCUT2D eigenvalue weighted by molar-refractivity contribution is 5.48. The summed E-state index contributed by atoms with van der Waals surface area (Å²) in [5, 5.41) is 7.19. The molecule has 0 spiro atoms. The Morgan fingerprint density at radius 3 is 2.89 bits per heavy atom. The lowest BCUT2D eigenvalue weighted by molar-refractivity contribution is 0.257. The summed E-state index contributed by atoms with van der Waals surface area (Å²) < 4.78 is 5.30. The maximum Gasteiger partial charge on any atom is 0.245 e. The van der Waals surface area contributed by atoms with Crippen LogP contribution < -0.4 is 10.6 Å². The van der Waals surface area contributed by atoms with Crippen molar-refractivity contribution in [2.45, 2.75) is 19.8 Å². The van der Waals surface area contributed by atoms with E-state index >= 15 is 0 Å². The van der Waals surface area contributed by atoms with Crippen LogP contribution in [0.15, 0.2) is 22.8 Å². The Kier molecular flexibility index (Phi) is 3.02. The molecule has 3 N–H and O–H groups in total. The molecule has 0 saturated carbocycles. The highest BCUT2D eigenvalue weighted by atomic mass is 16.3. The minimum atomic E-state index is 0.261. The molecule has 1 fully saturated rings. The van der Waals surface area contributed by atoms with Crippen LogP contribution in [0.5, 0.6) is 0 Å². The summed E-state index contributed by atoms with van der Waals surface area (Å²) in [7, 11) is 0. The zero-order valence-electron chi connectivity index (χ0n) is 11.1. The van der Waals surface area contributed by atoms with Gasteiger partial charge in [0.1, 0.15) is 0 Å². The lowest BCUT2D eigenvalue weighted by atomic mass is 9.81. The van der Waals surface area contributed by atoms with Gasteiger partial charge in [0, 0.05) is 13.1 Å². The SMILES string of the molecule is CC1(CN)CCN(c2n[nH]c(-c3ccco3)n2)CC1. The number of anilines is 1. The number of nitrogens with one attached hydrogen (secondary N) is 1. The van der Waals surface area contributed by atoms with Crippen LogP contribution >= 0.6 is 0 Å². The van der Waals surface area contributed by atoms with E-state index in [4.69, 9.17) is 10.2 Å². The zero-order valence-corrected chi connectivity index (χ0v) is 11.1. The summed E-state index contributed by atoms with van der Waals surface area (Å²) in [4.78, 5) is 6.68. The monoisotopic (exact) mass is 261 g/mol. The molecule has 102 valence electrons. The fourth-order valence-electron chi connectivity index (χ4n) is 2.37. The van der Waals surface area contributed by atoms with E-state index in [1.54, 1.807) is 6.26 Å². The fraction of sp³-hybridized carbons (Fsp3) is 0.538. The maximum atomic E-state index is 5.82. The van der Waals surface area contributed by atoms with Crippen molar-refractivity contribution in [3.8, 4) is 11.6 Å².